The van der Waals surface area contributed by atoms with Crippen LogP contribution in [-0.2, 0) is 0 Å². The van der Waals surface area contributed by atoms with Crippen molar-refractivity contribution in [2.45, 2.75) is 0 Å². The quantitative estimate of drug-likeness (QED) is 0.884. The maximum Gasteiger partial charge on any atom is 0.251 e. The summed E-state index contributed by atoms with van der Waals surface area (Å²) in [5, 5.41) is 2.41. The molecule has 1 rings (SSSR count). The molecule has 0 radical (unpaired) electrons. The van der Waals surface area contributed by atoms with Crippen molar-refractivity contribution < 1.29 is 13.9 Å². The van der Waals surface area contributed by atoms with Crippen LogP contribution in [0.5, 0.6) is 5.75 Å². The van der Waals surface area contributed by atoms with Crippen molar-refractivity contribution in [3.63, 3.8) is 0 Å². The lowest BCUT2D eigenvalue weighted by Gasteiger charge is -2.06. The zero-order valence-corrected chi connectivity index (χ0v) is 9.31. The molecule has 0 aliphatic rings. The van der Waals surface area contributed by atoms with Gasteiger partial charge in [-0.2, -0.15) is 0 Å². The van der Waals surface area contributed by atoms with E-state index in [1.165, 1.54) is 20.2 Å². The van der Waals surface area contributed by atoms with Gasteiger partial charge in [0, 0.05) is 12.6 Å². The summed E-state index contributed by atoms with van der Waals surface area (Å²) < 4.78 is 18.5. The van der Waals surface area contributed by atoms with Gasteiger partial charge in [0.25, 0.3) is 5.91 Å². The summed E-state index contributed by atoms with van der Waals surface area (Å²) in [6.07, 6.45) is 0. The number of benzene rings is 1. The number of halogens is 2. The van der Waals surface area contributed by atoms with Gasteiger partial charge in [-0.1, -0.05) is 0 Å². The Hall–Kier alpha value is -1.10. The van der Waals surface area contributed by atoms with E-state index in [0.29, 0.717) is 4.47 Å². The third kappa shape index (κ3) is 2.04. The van der Waals surface area contributed by atoms with E-state index in [-0.39, 0.29) is 17.2 Å². The highest BCUT2D eigenvalue weighted by molar-refractivity contribution is 9.10. The fraction of sp³-hybridized carbons (Fsp3) is 0.222. The van der Waals surface area contributed by atoms with Crippen LogP contribution >= 0.6 is 15.9 Å². The minimum absolute atomic E-state index is 0.0950. The van der Waals surface area contributed by atoms with Crippen LogP contribution in [0.3, 0.4) is 0 Å². The van der Waals surface area contributed by atoms with Crippen molar-refractivity contribution in [1.82, 2.24) is 5.32 Å². The maximum atomic E-state index is 13.3. The van der Waals surface area contributed by atoms with Gasteiger partial charge in [-0.05, 0) is 28.1 Å². The number of nitrogens with one attached hydrogen (secondary N) is 1. The smallest absolute Gasteiger partial charge is 0.251 e. The zero-order valence-electron chi connectivity index (χ0n) is 7.73. The van der Waals surface area contributed by atoms with Gasteiger partial charge < -0.3 is 10.1 Å². The molecule has 0 aliphatic carbocycles. The van der Waals surface area contributed by atoms with Gasteiger partial charge in [-0.15, -0.1) is 0 Å². The second kappa shape index (κ2) is 4.41. The van der Waals surface area contributed by atoms with E-state index in [1.807, 2.05) is 0 Å². The van der Waals surface area contributed by atoms with Crippen LogP contribution in [0.25, 0.3) is 0 Å². The summed E-state index contributed by atoms with van der Waals surface area (Å²) >= 11 is 3.11. The predicted molar refractivity (Wildman–Crippen MR) is 54.0 cm³/mol. The van der Waals surface area contributed by atoms with Crippen LogP contribution in [0.1, 0.15) is 10.4 Å². The van der Waals surface area contributed by atoms with E-state index >= 15 is 0 Å². The molecule has 14 heavy (non-hydrogen) atoms. The number of carbonyl (C=O) groups is 1. The van der Waals surface area contributed by atoms with Gasteiger partial charge in [-0.3, -0.25) is 4.79 Å². The Morgan fingerprint density at radius 2 is 2.21 bits per heavy atom. The fourth-order valence-electron chi connectivity index (χ4n) is 1.03. The number of amides is 1. The molecule has 0 aliphatic heterocycles. The minimum atomic E-state index is -0.569. The Labute approximate surface area is 89.4 Å². The number of methoxy groups -OCH3 is 1. The lowest BCUT2D eigenvalue weighted by molar-refractivity contribution is 0.0962. The molecular weight excluding hydrogens is 253 g/mol. The zero-order chi connectivity index (χ0) is 10.7. The first-order valence-electron chi connectivity index (χ1n) is 3.85. The standard InChI is InChI=1S/C9H9BrFNO2/c1-12-9(13)5-3-6(10)8(14-2)7(11)4-5/h3-4H,1-2H3,(H,12,13). The molecule has 1 aromatic rings. The third-order valence-corrected chi connectivity index (χ3v) is 2.28. The lowest BCUT2D eigenvalue weighted by Crippen LogP contribution is -2.18. The Kier molecular flexibility index (Phi) is 3.46. The lowest BCUT2D eigenvalue weighted by atomic mass is 10.2. The van der Waals surface area contributed by atoms with E-state index in [9.17, 15) is 9.18 Å². The summed E-state index contributed by atoms with van der Waals surface area (Å²) in [6.45, 7) is 0. The summed E-state index contributed by atoms with van der Waals surface area (Å²) in [7, 11) is 2.85. The normalized spacial score (nSPS) is 9.71. The van der Waals surface area contributed by atoms with Crippen LogP contribution in [0.2, 0.25) is 0 Å². The molecule has 3 nitrogen and oxygen atoms in total. The average molecular weight is 262 g/mol. The molecule has 0 spiro atoms. The number of hydrogen-bond donors (Lipinski definition) is 1. The topological polar surface area (TPSA) is 38.3 Å². The molecule has 5 heteroatoms. The summed E-state index contributed by atoms with van der Waals surface area (Å²) in [4.78, 5) is 11.2. The molecule has 0 unspecified atom stereocenters. The Morgan fingerprint density at radius 3 is 2.64 bits per heavy atom. The highest BCUT2D eigenvalue weighted by Crippen LogP contribution is 2.29. The van der Waals surface area contributed by atoms with Gasteiger partial charge in [0.2, 0.25) is 0 Å². The number of carbonyl (C=O) groups excluding carboxylic acids is 1. The monoisotopic (exact) mass is 261 g/mol. The van der Waals surface area contributed by atoms with E-state index in [2.05, 4.69) is 21.2 Å². The molecule has 0 atom stereocenters. The van der Waals surface area contributed by atoms with Crippen molar-refractivity contribution in [2.75, 3.05) is 14.2 Å². The molecular formula is C9H9BrFNO2. The summed E-state index contributed by atoms with van der Waals surface area (Å²) in [5.41, 5.74) is 0.248. The van der Waals surface area contributed by atoms with Crippen molar-refractivity contribution in [2.24, 2.45) is 0 Å². The highest BCUT2D eigenvalue weighted by atomic mass is 79.9. The molecule has 0 aromatic heterocycles. The maximum absolute atomic E-state index is 13.3. The van der Waals surface area contributed by atoms with Crippen molar-refractivity contribution in [3.8, 4) is 5.75 Å². The Balaban J connectivity index is 3.20. The molecule has 0 fully saturated rings. The summed E-state index contributed by atoms with van der Waals surface area (Å²) in [5.74, 6) is -0.814. The van der Waals surface area contributed by atoms with Gasteiger partial charge in [-0.25, -0.2) is 4.39 Å². The molecule has 1 aromatic carbocycles. The second-order valence-corrected chi connectivity index (χ2v) is 3.41. The Morgan fingerprint density at radius 1 is 1.57 bits per heavy atom. The van der Waals surface area contributed by atoms with E-state index in [0.717, 1.165) is 6.07 Å². The number of ether oxygens (including phenoxy) is 1. The average Bonchev–Trinajstić information content (AvgIpc) is 2.16. The van der Waals surface area contributed by atoms with E-state index in [1.54, 1.807) is 0 Å². The molecule has 76 valence electrons. The van der Waals surface area contributed by atoms with Gasteiger partial charge in [0.15, 0.2) is 11.6 Å². The van der Waals surface area contributed by atoms with Crippen LogP contribution in [0.4, 0.5) is 4.39 Å². The second-order valence-electron chi connectivity index (χ2n) is 2.55. The SMILES string of the molecule is CNC(=O)c1cc(F)c(OC)c(Br)c1. The molecule has 0 bridgehead atoms. The molecule has 0 saturated heterocycles. The molecule has 0 saturated carbocycles. The predicted octanol–water partition coefficient (Wildman–Crippen LogP) is 1.96. The Bertz CT molecular complexity index is 345. The van der Waals surface area contributed by atoms with Crippen LogP contribution in [-0.4, -0.2) is 20.1 Å². The fourth-order valence-corrected chi connectivity index (χ4v) is 1.63. The van der Waals surface area contributed by atoms with Crippen LogP contribution in [0.15, 0.2) is 16.6 Å². The molecule has 1 N–H and O–H groups in total. The first-order valence-corrected chi connectivity index (χ1v) is 4.64. The van der Waals surface area contributed by atoms with Gasteiger partial charge in [0.05, 0.1) is 11.6 Å². The van der Waals surface area contributed by atoms with Crippen molar-refractivity contribution in [1.29, 1.82) is 0 Å². The van der Waals surface area contributed by atoms with Crippen molar-refractivity contribution >= 4 is 21.8 Å². The first kappa shape index (κ1) is 11.0. The first-order chi connectivity index (χ1) is 6.60. The molecule has 1 amide bonds. The summed E-state index contributed by atoms with van der Waals surface area (Å²) in [6, 6.07) is 2.63. The minimum Gasteiger partial charge on any atom is -0.492 e. The van der Waals surface area contributed by atoms with E-state index in [4.69, 9.17) is 4.74 Å². The van der Waals surface area contributed by atoms with Crippen molar-refractivity contribution in [3.05, 3.63) is 28.0 Å². The van der Waals surface area contributed by atoms with Crippen LogP contribution in [0, 0.1) is 5.82 Å². The van der Waals surface area contributed by atoms with Crippen LogP contribution < -0.4 is 10.1 Å². The number of hydrogen-bond acceptors (Lipinski definition) is 2. The largest absolute Gasteiger partial charge is 0.492 e. The van der Waals surface area contributed by atoms with Gasteiger partial charge >= 0.3 is 0 Å². The van der Waals surface area contributed by atoms with Gasteiger partial charge in [0.1, 0.15) is 0 Å². The van der Waals surface area contributed by atoms with E-state index < -0.39 is 5.82 Å². The highest BCUT2D eigenvalue weighted by Gasteiger charge is 2.12. The number of rotatable bonds is 2. The molecule has 0 heterocycles. The third-order valence-electron chi connectivity index (χ3n) is 1.69.